The summed E-state index contributed by atoms with van der Waals surface area (Å²) in [5.74, 6) is 0.711. The molecular formula is C14H19Cl2N. The highest BCUT2D eigenvalue weighted by atomic mass is 35.5. The highest BCUT2D eigenvalue weighted by Gasteiger charge is 2.24. The van der Waals surface area contributed by atoms with Crippen molar-refractivity contribution < 1.29 is 0 Å². The first kappa shape index (κ1) is 13.2. The third-order valence-electron chi connectivity index (χ3n) is 3.68. The van der Waals surface area contributed by atoms with Gasteiger partial charge in [0.2, 0.25) is 0 Å². The standard InChI is InChI=1S/C14H19Cl2N/c1-17-14(10-5-3-2-4-6-10)11-7-12(15)9-13(16)8-11/h7-10,14,17H,2-6H2,1H3. The maximum atomic E-state index is 6.08. The predicted molar refractivity (Wildman–Crippen MR) is 74.8 cm³/mol. The summed E-state index contributed by atoms with van der Waals surface area (Å²) in [6.45, 7) is 0. The monoisotopic (exact) mass is 271 g/mol. The molecule has 0 aromatic heterocycles. The Kier molecular flexibility index (Phi) is 4.72. The van der Waals surface area contributed by atoms with Crippen LogP contribution in [0.4, 0.5) is 0 Å². The molecule has 1 saturated carbocycles. The quantitative estimate of drug-likeness (QED) is 0.830. The lowest BCUT2D eigenvalue weighted by Gasteiger charge is -2.30. The van der Waals surface area contributed by atoms with Crippen molar-refractivity contribution in [2.75, 3.05) is 7.05 Å². The Morgan fingerprint density at radius 1 is 1.06 bits per heavy atom. The van der Waals surface area contributed by atoms with E-state index in [2.05, 4.69) is 5.32 Å². The van der Waals surface area contributed by atoms with Gasteiger partial charge >= 0.3 is 0 Å². The van der Waals surface area contributed by atoms with Crippen LogP contribution >= 0.6 is 23.2 Å². The van der Waals surface area contributed by atoms with Crippen LogP contribution in [-0.4, -0.2) is 7.05 Å². The van der Waals surface area contributed by atoms with E-state index in [0.717, 1.165) is 10.0 Å². The molecule has 0 radical (unpaired) electrons. The molecule has 1 aliphatic rings. The van der Waals surface area contributed by atoms with Gasteiger partial charge in [-0.3, -0.25) is 0 Å². The highest BCUT2D eigenvalue weighted by Crippen LogP contribution is 2.35. The van der Waals surface area contributed by atoms with Crippen molar-refractivity contribution in [2.24, 2.45) is 5.92 Å². The summed E-state index contributed by atoms with van der Waals surface area (Å²) in [5, 5.41) is 4.88. The van der Waals surface area contributed by atoms with Crippen LogP contribution in [0.25, 0.3) is 0 Å². The maximum Gasteiger partial charge on any atom is 0.0424 e. The third-order valence-corrected chi connectivity index (χ3v) is 4.11. The fourth-order valence-electron chi connectivity index (χ4n) is 2.90. The minimum atomic E-state index is 0.381. The largest absolute Gasteiger partial charge is 0.313 e. The summed E-state index contributed by atoms with van der Waals surface area (Å²) < 4.78 is 0. The van der Waals surface area contributed by atoms with Crippen molar-refractivity contribution >= 4 is 23.2 Å². The van der Waals surface area contributed by atoms with E-state index in [1.165, 1.54) is 37.7 Å². The van der Waals surface area contributed by atoms with Gasteiger partial charge in [0.1, 0.15) is 0 Å². The van der Waals surface area contributed by atoms with Crippen LogP contribution in [0.2, 0.25) is 10.0 Å². The van der Waals surface area contributed by atoms with Gasteiger partial charge in [0.15, 0.2) is 0 Å². The number of hydrogen-bond acceptors (Lipinski definition) is 1. The van der Waals surface area contributed by atoms with Gasteiger partial charge in [-0.05, 0) is 49.6 Å². The smallest absolute Gasteiger partial charge is 0.0424 e. The first-order valence-electron chi connectivity index (χ1n) is 6.34. The van der Waals surface area contributed by atoms with E-state index < -0.39 is 0 Å². The van der Waals surface area contributed by atoms with Crippen molar-refractivity contribution in [3.05, 3.63) is 33.8 Å². The molecule has 1 fully saturated rings. The number of benzene rings is 1. The second-order valence-corrected chi connectivity index (χ2v) is 5.74. The molecule has 0 heterocycles. The summed E-state index contributed by atoms with van der Waals surface area (Å²) in [5.41, 5.74) is 1.22. The number of rotatable bonds is 3. The second kappa shape index (κ2) is 6.08. The minimum absolute atomic E-state index is 0.381. The summed E-state index contributed by atoms with van der Waals surface area (Å²) in [6, 6.07) is 6.23. The molecule has 94 valence electrons. The summed E-state index contributed by atoms with van der Waals surface area (Å²) in [6.07, 6.45) is 6.67. The van der Waals surface area contributed by atoms with Gasteiger partial charge in [-0.2, -0.15) is 0 Å². The van der Waals surface area contributed by atoms with Gasteiger partial charge < -0.3 is 5.32 Å². The van der Waals surface area contributed by atoms with Crippen LogP contribution in [0.15, 0.2) is 18.2 Å². The van der Waals surface area contributed by atoms with E-state index in [0.29, 0.717) is 12.0 Å². The first-order valence-corrected chi connectivity index (χ1v) is 7.09. The summed E-state index contributed by atoms with van der Waals surface area (Å²) >= 11 is 12.2. The average Bonchev–Trinajstić information content (AvgIpc) is 2.30. The van der Waals surface area contributed by atoms with Gasteiger partial charge in [0, 0.05) is 16.1 Å². The molecule has 1 aromatic carbocycles. The highest BCUT2D eigenvalue weighted by molar-refractivity contribution is 6.34. The second-order valence-electron chi connectivity index (χ2n) is 4.87. The molecule has 0 bridgehead atoms. The molecule has 1 aromatic rings. The summed E-state index contributed by atoms with van der Waals surface area (Å²) in [4.78, 5) is 0. The van der Waals surface area contributed by atoms with E-state index in [4.69, 9.17) is 23.2 Å². The topological polar surface area (TPSA) is 12.0 Å². The lowest BCUT2D eigenvalue weighted by atomic mass is 9.81. The van der Waals surface area contributed by atoms with Gasteiger partial charge in [0.25, 0.3) is 0 Å². The van der Waals surface area contributed by atoms with Gasteiger partial charge in [-0.15, -0.1) is 0 Å². The van der Waals surface area contributed by atoms with E-state index in [9.17, 15) is 0 Å². The molecule has 0 amide bonds. The van der Waals surface area contributed by atoms with Crippen LogP contribution in [0.3, 0.4) is 0 Å². The van der Waals surface area contributed by atoms with Crippen LogP contribution < -0.4 is 5.32 Å². The normalized spacial score (nSPS) is 19.2. The number of nitrogens with one attached hydrogen (secondary N) is 1. The number of halogens is 2. The van der Waals surface area contributed by atoms with Crippen LogP contribution in [-0.2, 0) is 0 Å². The van der Waals surface area contributed by atoms with Crippen LogP contribution in [0.5, 0.6) is 0 Å². The number of hydrogen-bond donors (Lipinski definition) is 1. The van der Waals surface area contributed by atoms with Crippen LogP contribution in [0.1, 0.15) is 43.7 Å². The Morgan fingerprint density at radius 2 is 1.65 bits per heavy atom. The lowest BCUT2D eigenvalue weighted by Crippen LogP contribution is -2.26. The minimum Gasteiger partial charge on any atom is -0.313 e. The molecule has 1 nitrogen and oxygen atoms in total. The molecular weight excluding hydrogens is 253 g/mol. The predicted octanol–water partition coefficient (Wildman–Crippen LogP) is 4.83. The molecule has 2 rings (SSSR count). The zero-order valence-electron chi connectivity index (χ0n) is 10.2. The fourth-order valence-corrected chi connectivity index (χ4v) is 3.44. The average molecular weight is 272 g/mol. The van der Waals surface area contributed by atoms with Crippen molar-refractivity contribution in [1.29, 1.82) is 0 Å². The Bertz CT molecular complexity index is 352. The molecule has 1 atom stereocenters. The molecule has 1 unspecified atom stereocenters. The Hall–Kier alpha value is -0.240. The van der Waals surface area contributed by atoms with Crippen molar-refractivity contribution in [3.63, 3.8) is 0 Å². The molecule has 3 heteroatoms. The Morgan fingerprint density at radius 3 is 2.18 bits per heavy atom. The summed E-state index contributed by atoms with van der Waals surface area (Å²) in [7, 11) is 2.02. The van der Waals surface area contributed by atoms with Crippen LogP contribution in [0, 0.1) is 5.92 Å². The van der Waals surface area contributed by atoms with E-state index in [1.807, 2.05) is 19.2 Å². The SMILES string of the molecule is CNC(c1cc(Cl)cc(Cl)c1)C1CCCCC1. The Balaban J connectivity index is 2.21. The fraction of sp³-hybridized carbons (Fsp3) is 0.571. The van der Waals surface area contributed by atoms with Crippen molar-refractivity contribution in [2.45, 2.75) is 38.1 Å². The molecule has 1 aliphatic carbocycles. The maximum absolute atomic E-state index is 6.08. The van der Waals surface area contributed by atoms with E-state index in [-0.39, 0.29) is 0 Å². The molecule has 1 N–H and O–H groups in total. The third kappa shape index (κ3) is 3.37. The lowest BCUT2D eigenvalue weighted by molar-refractivity contribution is 0.281. The van der Waals surface area contributed by atoms with Gasteiger partial charge in [0.05, 0.1) is 0 Å². The van der Waals surface area contributed by atoms with Gasteiger partial charge in [-0.25, -0.2) is 0 Å². The van der Waals surface area contributed by atoms with Crippen molar-refractivity contribution in [3.8, 4) is 0 Å². The van der Waals surface area contributed by atoms with E-state index >= 15 is 0 Å². The Labute approximate surface area is 114 Å². The first-order chi connectivity index (χ1) is 8.20. The molecule has 0 saturated heterocycles. The van der Waals surface area contributed by atoms with E-state index in [1.54, 1.807) is 6.07 Å². The zero-order chi connectivity index (χ0) is 12.3. The molecule has 0 aliphatic heterocycles. The zero-order valence-corrected chi connectivity index (χ0v) is 11.7. The van der Waals surface area contributed by atoms with Gasteiger partial charge in [-0.1, -0.05) is 42.5 Å². The molecule has 17 heavy (non-hydrogen) atoms. The van der Waals surface area contributed by atoms with Crippen molar-refractivity contribution in [1.82, 2.24) is 5.32 Å². The molecule has 0 spiro atoms.